The number of nitrogens with zero attached hydrogens (tertiary/aromatic N) is 1. The second-order valence-electron chi connectivity index (χ2n) is 4.77. The van der Waals surface area contributed by atoms with Gasteiger partial charge in [-0.3, -0.25) is 4.79 Å². The molecule has 1 N–H and O–H groups in total. The Balaban J connectivity index is 2.08. The van der Waals surface area contributed by atoms with Gasteiger partial charge in [0, 0.05) is 17.5 Å². The molecule has 4 heteroatoms. The molecule has 0 saturated carbocycles. The number of hydrogen-bond acceptors (Lipinski definition) is 3. The van der Waals surface area contributed by atoms with Crippen molar-refractivity contribution in [3.05, 3.63) is 29.8 Å². The number of benzene rings is 1. The fourth-order valence-electron chi connectivity index (χ4n) is 2.24. The van der Waals surface area contributed by atoms with Crippen molar-refractivity contribution in [3.8, 4) is 0 Å². The van der Waals surface area contributed by atoms with Gasteiger partial charge < -0.3 is 10.0 Å². The number of fused-ring (bicyclic) bond motifs is 1. The highest BCUT2D eigenvalue weighted by molar-refractivity contribution is 8.01. The molecule has 1 aliphatic heterocycles. The molecule has 0 spiro atoms. The van der Waals surface area contributed by atoms with E-state index in [4.69, 9.17) is 5.11 Å². The van der Waals surface area contributed by atoms with Crippen molar-refractivity contribution in [2.75, 3.05) is 13.2 Å². The van der Waals surface area contributed by atoms with Crippen molar-refractivity contribution in [2.45, 2.75) is 36.5 Å². The largest absolute Gasteiger partial charge is 0.395 e. The van der Waals surface area contributed by atoms with Gasteiger partial charge in [-0.15, -0.1) is 11.8 Å². The summed E-state index contributed by atoms with van der Waals surface area (Å²) in [6, 6.07) is 8.31. The molecule has 1 aromatic carbocycles. The monoisotopic (exact) mass is 265 g/mol. The van der Waals surface area contributed by atoms with Crippen molar-refractivity contribution >= 4 is 17.7 Å². The second-order valence-corrected chi connectivity index (χ2v) is 6.01. The van der Waals surface area contributed by atoms with Crippen molar-refractivity contribution in [1.82, 2.24) is 4.90 Å². The highest BCUT2D eigenvalue weighted by atomic mass is 32.2. The van der Waals surface area contributed by atoms with E-state index in [1.807, 2.05) is 26.0 Å². The minimum Gasteiger partial charge on any atom is -0.395 e. The Hall–Kier alpha value is -1.00. The van der Waals surface area contributed by atoms with Gasteiger partial charge in [0.05, 0.1) is 11.9 Å². The molecule has 18 heavy (non-hydrogen) atoms. The maximum atomic E-state index is 12.4. The van der Waals surface area contributed by atoms with E-state index >= 15 is 0 Å². The first-order valence-corrected chi connectivity index (χ1v) is 7.17. The van der Waals surface area contributed by atoms with E-state index in [0.717, 1.165) is 6.42 Å². The third-order valence-corrected chi connectivity index (χ3v) is 4.47. The average molecular weight is 265 g/mol. The summed E-state index contributed by atoms with van der Waals surface area (Å²) in [5, 5.41) is 9.02. The fraction of sp³-hybridized carbons (Fsp3) is 0.500. The van der Waals surface area contributed by atoms with Gasteiger partial charge in [-0.25, -0.2) is 0 Å². The first-order valence-electron chi connectivity index (χ1n) is 6.29. The third-order valence-electron chi connectivity index (χ3n) is 3.17. The standard InChI is InChI=1S/C14H19NO2S/c1-10(2)15(7-8-16)14(17)13-9-11-5-3-4-6-12(11)18-13/h3-6,10,13,16H,7-9H2,1-2H3. The Bertz CT molecular complexity index is 409. The van der Waals surface area contributed by atoms with Crippen LogP contribution in [0, 0.1) is 0 Å². The quantitative estimate of drug-likeness (QED) is 0.904. The topological polar surface area (TPSA) is 40.5 Å². The van der Waals surface area contributed by atoms with Gasteiger partial charge in [-0.05, 0) is 31.9 Å². The van der Waals surface area contributed by atoms with Crippen LogP contribution in [0.25, 0.3) is 0 Å². The minimum absolute atomic E-state index is 0.0221. The number of aliphatic hydroxyl groups excluding tert-OH is 1. The minimum atomic E-state index is -0.0312. The van der Waals surface area contributed by atoms with E-state index in [0.29, 0.717) is 6.54 Å². The molecule has 0 aromatic heterocycles. The smallest absolute Gasteiger partial charge is 0.236 e. The molecule has 98 valence electrons. The molecule has 2 rings (SSSR count). The van der Waals surface area contributed by atoms with Gasteiger partial charge in [-0.1, -0.05) is 18.2 Å². The highest BCUT2D eigenvalue weighted by Gasteiger charge is 2.31. The molecule has 1 heterocycles. The summed E-state index contributed by atoms with van der Waals surface area (Å²) in [6.07, 6.45) is 0.800. The summed E-state index contributed by atoms with van der Waals surface area (Å²) in [5.41, 5.74) is 1.26. The summed E-state index contributed by atoms with van der Waals surface area (Å²) in [7, 11) is 0. The predicted octanol–water partition coefficient (Wildman–Crippen LogP) is 1.93. The number of hydrogen-bond donors (Lipinski definition) is 1. The van der Waals surface area contributed by atoms with Crippen LogP contribution in [0.4, 0.5) is 0 Å². The van der Waals surface area contributed by atoms with Gasteiger partial charge >= 0.3 is 0 Å². The van der Waals surface area contributed by atoms with Crippen LogP contribution in [0.1, 0.15) is 19.4 Å². The van der Waals surface area contributed by atoms with Gasteiger partial charge in [0.25, 0.3) is 0 Å². The first-order chi connectivity index (χ1) is 8.63. The Morgan fingerprint density at radius 3 is 2.83 bits per heavy atom. The molecule has 1 amide bonds. The van der Waals surface area contributed by atoms with E-state index < -0.39 is 0 Å². The van der Waals surface area contributed by atoms with Crippen molar-refractivity contribution in [2.24, 2.45) is 0 Å². The van der Waals surface area contributed by atoms with Gasteiger partial charge in [0.1, 0.15) is 0 Å². The normalized spacial score (nSPS) is 17.9. The third kappa shape index (κ3) is 2.70. The molecule has 0 saturated heterocycles. The molecular weight excluding hydrogens is 246 g/mol. The fourth-order valence-corrected chi connectivity index (χ4v) is 3.50. The maximum Gasteiger partial charge on any atom is 0.236 e. The first kappa shape index (κ1) is 13.4. The lowest BCUT2D eigenvalue weighted by molar-refractivity contribution is -0.132. The molecule has 1 unspecified atom stereocenters. The van der Waals surface area contributed by atoms with E-state index in [9.17, 15) is 4.79 Å². The zero-order chi connectivity index (χ0) is 13.1. The van der Waals surface area contributed by atoms with Crippen LogP contribution in [-0.4, -0.2) is 40.4 Å². The van der Waals surface area contributed by atoms with Crippen LogP contribution in [-0.2, 0) is 11.2 Å². The lowest BCUT2D eigenvalue weighted by atomic mass is 10.1. The molecule has 1 atom stereocenters. The zero-order valence-electron chi connectivity index (χ0n) is 10.8. The maximum absolute atomic E-state index is 12.4. The van der Waals surface area contributed by atoms with Crippen LogP contribution in [0.15, 0.2) is 29.2 Å². The van der Waals surface area contributed by atoms with Crippen LogP contribution < -0.4 is 0 Å². The zero-order valence-corrected chi connectivity index (χ0v) is 11.6. The SMILES string of the molecule is CC(C)N(CCO)C(=O)C1Cc2ccccc2S1. The Kier molecular flexibility index (Phi) is 4.30. The Morgan fingerprint density at radius 2 is 2.22 bits per heavy atom. The molecular formula is C14H19NO2S. The van der Waals surface area contributed by atoms with Gasteiger partial charge in [0.2, 0.25) is 5.91 Å². The molecule has 0 bridgehead atoms. The second kappa shape index (κ2) is 5.76. The predicted molar refractivity (Wildman–Crippen MR) is 73.7 cm³/mol. The number of rotatable bonds is 4. The number of aliphatic hydroxyl groups is 1. The molecule has 0 aliphatic carbocycles. The molecule has 3 nitrogen and oxygen atoms in total. The van der Waals surface area contributed by atoms with E-state index in [1.165, 1.54) is 10.5 Å². The molecule has 1 aromatic rings. The lowest BCUT2D eigenvalue weighted by Gasteiger charge is -2.28. The summed E-state index contributed by atoms with van der Waals surface area (Å²) >= 11 is 1.64. The van der Waals surface area contributed by atoms with Crippen LogP contribution in [0.5, 0.6) is 0 Å². The lowest BCUT2D eigenvalue weighted by Crippen LogP contribution is -2.43. The molecule has 0 radical (unpaired) electrons. The van der Waals surface area contributed by atoms with Crippen LogP contribution in [0.2, 0.25) is 0 Å². The van der Waals surface area contributed by atoms with Gasteiger partial charge in [0.15, 0.2) is 0 Å². The van der Waals surface area contributed by atoms with Crippen molar-refractivity contribution < 1.29 is 9.90 Å². The van der Waals surface area contributed by atoms with E-state index in [2.05, 4.69) is 12.1 Å². The van der Waals surface area contributed by atoms with Crippen molar-refractivity contribution in [1.29, 1.82) is 0 Å². The number of carbonyl (C=O) groups excluding carboxylic acids is 1. The van der Waals surface area contributed by atoms with E-state index in [1.54, 1.807) is 16.7 Å². The number of thioether (sulfide) groups is 1. The number of carbonyl (C=O) groups is 1. The van der Waals surface area contributed by atoms with Crippen LogP contribution in [0.3, 0.4) is 0 Å². The van der Waals surface area contributed by atoms with Crippen molar-refractivity contribution in [3.63, 3.8) is 0 Å². The summed E-state index contributed by atoms with van der Waals surface area (Å²) in [5.74, 6) is 0.139. The Labute approximate surface area is 112 Å². The molecule has 1 aliphatic rings. The van der Waals surface area contributed by atoms with Gasteiger partial charge in [-0.2, -0.15) is 0 Å². The highest BCUT2D eigenvalue weighted by Crippen LogP contribution is 2.37. The van der Waals surface area contributed by atoms with E-state index in [-0.39, 0.29) is 23.8 Å². The summed E-state index contributed by atoms with van der Waals surface area (Å²) < 4.78 is 0. The number of amides is 1. The Morgan fingerprint density at radius 1 is 1.50 bits per heavy atom. The summed E-state index contributed by atoms with van der Waals surface area (Å²) in [6.45, 7) is 4.42. The average Bonchev–Trinajstić information content (AvgIpc) is 2.78. The molecule has 0 fully saturated rings. The summed E-state index contributed by atoms with van der Waals surface area (Å²) in [4.78, 5) is 15.4. The van der Waals surface area contributed by atoms with Crippen LogP contribution >= 0.6 is 11.8 Å².